The number of para-hydroxylation sites is 1. The number of nitrogens with one attached hydrogen (secondary N) is 2. The third-order valence-electron chi connectivity index (χ3n) is 5.40. The normalized spacial score (nSPS) is 14.2. The van der Waals surface area contributed by atoms with Crippen LogP contribution in [-0.4, -0.2) is 62.7 Å². The van der Waals surface area contributed by atoms with Gasteiger partial charge in [-0.2, -0.15) is 0 Å². The molecule has 0 radical (unpaired) electrons. The van der Waals surface area contributed by atoms with Crippen LogP contribution in [0.5, 0.6) is 11.5 Å². The zero-order chi connectivity index (χ0) is 22.1. The standard InChI is InChI=1S/C24H31N3O4/c1-3-19-7-5-6-8-22(19)25-23(28)17-26-13-15-27(16-14-26)24(29)18-31-21-11-9-20(10-12-21)30-4-2/h5-12H,3-4,13-18H2,1-2H3,(H,25,28)/p+1. The first-order valence-electron chi connectivity index (χ1n) is 10.9. The second-order valence-corrected chi connectivity index (χ2v) is 7.56. The molecule has 1 heterocycles. The van der Waals surface area contributed by atoms with Crippen molar-refractivity contribution in [2.24, 2.45) is 0 Å². The molecule has 1 saturated heterocycles. The molecule has 0 aliphatic carbocycles. The Labute approximate surface area is 183 Å². The van der Waals surface area contributed by atoms with Crippen molar-refractivity contribution in [1.29, 1.82) is 0 Å². The van der Waals surface area contributed by atoms with E-state index in [4.69, 9.17) is 9.47 Å². The largest absolute Gasteiger partial charge is 0.494 e. The molecule has 0 saturated carbocycles. The topological polar surface area (TPSA) is 72.3 Å². The van der Waals surface area contributed by atoms with Crippen molar-refractivity contribution < 1.29 is 24.0 Å². The molecule has 7 nitrogen and oxygen atoms in total. The number of hydrogen-bond donors (Lipinski definition) is 2. The lowest BCUT2D eigenvalue weighted by Crippen LogP contribution is -3.15. The number of benzene rings is 2. The van der Waals surface area contributed by atoms with Crippen molar-refractivity contribution in [3.63, 3.8) is 0 Å². The van der Waals surface area contributed by atoms with Crippen LogP contribution in [0, 0.1) is 0 Å². The van der Waals surface area contributed by atoms with Crippen molar-refractivity contribution in [3.8, 4) is 11.5 Å². The molecule has 1 aliphatic rings. The highest BCUT2D eigenvalue weighted by Gasteiger charge is 2.25. The maximum atomic E-state index is 12.5. The van der Waals surface area contributed by atoms with Gasteiger partial charge < -0.3 is 24.6 Å². The number of hydrogen-bond acceptors (Lipinski definition) is 4. The number of anilines is 1. The van der Waals surface area contributed by atoms with Crippen LogP contribution in [0.15, 0.2) is 48.5 Å². The Balaban J connectivity index is 1.39. The van der Waals surface area contributed by atoms with E-state index in [0.29, 0.717) is 32.0 Å². The number of ether oxygens (including phenoxy) is 2. The Hall–Kier alpha value is -3.06. The molecule has 7 heteroatoms. The summed E-state index contributed by atoms with van der Waals surface area (Å²) in [6.45, 7) is 7.78. The Morgan fingerprint density at radius 2 is 1.61 bits per heavy atom. The second-order valence-electron chi connectivity index (χ2n) is 7.56. The van der Waals surface area contributed by atoms with Crippen LogP contribution in [0.2, 0.25) is 0 Å². The van der Waals surface area contributed by atoms with Crippen molar-refractivity contribution in [3.05, 3.63) is 54.1 Å². The fourth-order valence-electron chi connectivity index (χ4n) is 3.66. The minimum Gasteiger partial charge on any atom is -0.494 e. The highest BCUT2D eigenvalue weighted by molar-refractivity contribution is 5.92. The van der Waals surface area contributed by atoms with Gasteiger partial charge in [-0.05, 0) is 49.2 Å². The first-order valence-corrected chi connectivity index (χ1v) is 10.9. The average molecular weight is 427 g/mol. The molecule has 31 heavy (non-hydrogen) atoms. The molecular formula is C24H32N3O4+. The maximum Gasteiger partial charge on any atom is 0.279 e. The van der Waals surface area contributed by atoms with Gasteiger partial charge >= 0.3 is 0 Å². The average Bonchev–Trinajstić information content (AvgIpc) is 2.79. The van der Waals surface area contributed by atoms with E-state index in [-0.39, 0.29) is 18.4 Å². The molecule has 0 bridgehead atoms. The molecule has 0 aromatic heterocycles. The third kappa shape index (κ3) is 6.72. The summed E-state index contributed by atoms with van der Waals surface area (Å²) in [5.74, 6) is 1.40. The van der Waals surface area contributed by atoms with Gasteiger partial charge in [-0.25, -0.2) is 0 Å². The monoisotopic (exact) mass is 426 g/mol. The smallest absolute Gasteiger partial charge is 0.279 e. The van der Waals surface area contributed by atoms with Gasteiger partial charge in [0.25, 0.3) is 11.8 Å². The van der Waals surface area contributed by atoms with Crippen molar-refractivity contribution in [1.82, 2.24) is 4.90 Å². The molecule has 3 rings (SSSR count). The number of piperazine rings is 1. The van der Waals surface area contributed by atoms with Gasteiger partial charge in [0.15, 0.2) is 13.2 Å². The Morgan fingerprint density at radius 3 is 2.26 bits per heavy atom. The van der Waals surface area contributed by atoms with Crippen LogP contribution >= 0.6 is 0 Å². The van der Waals surface area contributed by atoms with Gasteiger partial charge in [-0.3, -0.25) is 9.59 Å². The van der Waals surface area contributed by atoms with Crippen molar-refractivity contribution in [2.75, 3.05) is 51.3 Å². The maximum absolute atomic E-state index is 12.5. The molecule has 166 valence electrons. The van der Waals surface area contributed by atoms with Crippen LogP contribution in [0.3, 0.4) is 0 Å². The Morgan fingerprint density at radius 1 is 0.968 bits per heavy atom. The third-order valence-corrected chi connectivity index (χ3v) is 5.40. The fraction of sp³-hybridized carbons (Fsp3) is 0.417. The van der Waals surface area contributed by atoms with E-state index in [1.165, 1.54) is 4.90 Å². The number of rotatable bonds is 9. The van der Waals surface area contributed by atoms with Crippen LogP contribution in [0.4, 0.5) is 5.69 Å². The van der Waals surface area contributed by atoms with Gasteiger partial charge in [-0.15, -0.1) is 0 Å². The van der Waals surface area contributed by atoms with Crippen LogP contribution < -0.4 is 19.7 Å². The summed E-state index contributed by atoms with van der Waals surface area (Å²) in [6, 6.07) is 15.1. The highest BCUT2D eigenvalue weighted by atomic mass is 16.5. The molecule has 0 unspecified atom stereocenters. The van der Waals surface area contributed by atoms with E-state index in [1.807, 2.05) is 48.2 Å². The summed E-state index contributed by atoms with van der Waals surface area (Å²) in [6.07, 6.45) is 0.878. The van der Waals surface area contributed by atoms with E-state index in [2.05, 4.69) is 12.2 Å². The van der Waals surface area contributed by atoms with E-state index < -0.39 is 0 Å². The summed E-state index contributed by atoms with van der Waals surface area (Å²) < 4.78 is 11.0. The number of carbonyl (C=O) groups is 2. The van der Waals surface area contributed by atoms with Crippen LogP contribution in [0.25, 0.3) is 0 Å². The SMILES string of the molecule is CCOc1ccc(OCC(=O)N2CC[NH+](CC(=O)Nc3ccccc3CC)CC2)cc1. The minimum atomic E-state index is -0.0331. The van der Waals surface area contributed by atoms with Crippen molar-refractivity contribution in [2.45, 2.75) is 20.3 Å². The molecular weight excluding hydrogens is 394 g/mol. The van der Waals surface area contributed by atoms with Crippen molar-refractivity contribution >= 4 is 17.5 Å². The summed E-state index contributed by atoms with van der Waals surface area (Å²) in [5, 5.41) is 3.02. The molecule has 0 spiro atoms. The number of carbonyl (C=O) groups excluding carboxylic acids is 2. The lowest BCUT2D eigenvalue weighted by molar-refractivity contribution is -0.895. The summed E-state index contributed by atoms with van der Waals surface area (Å²) in [7, 11) is 0. The minimum absolute atomic E-state index is 0.00880. The van der Waals surface area contributed by atoms with Gasteiger partial charge in [-0.1, -0.05) is 25.1 Å². The molecule has 2 N–H and O–H groups in total. The van der Waals surface area contributed by atoms with E-state index >= 15 is 0 Å². The first-order chi connectivity index (χ1) is 15.1. The number of quaternary nitrogens is 1. The molecule has 2 amide bonds. The zero-order valence-corrected chi connectivity index (χ0v) is 18.4. The van der Waals surface area contributed by atoms with E-state index in [0.717, 1.165) is 36.5 Å². The quantitative estimate of drug-likeness (QED) is 0.636. The Bertz CT molecular complexity index is 861. The first kappa shape index (κ1) is 22.6. The van der Waals surface area contributed by atoms with Crippen LogP contribution in [-0.2, 0) is 16.0 Å². The second kappa shape index (κ2) is 11.4. The van der Waals surface area contributed by atoms with E-state index in [9.17, 15) is 9.59 Å². The van der Waals surface area contributed by atoms with Crippen LogP contribution in [0.1, 0.15) is 19.4 Å². The number of aryl methyl sites for hydroxylation is 1. The predicted molar refractivity (Wildman–Crippen MR) is 120 cm³/mol. The van der Waals surface area contributed by atoms with Gasteiger partial charge in [0.1, 0.15) is 11.5 Å². The van der Waals surface area contributed by atoms with E-state index in [1.54, 1.807) is 12.1 Å². The lowest BCUT2D eigenvalue weighted by Gasteiger charge is -2.31. The summed E-state index contributed by atoms with van der Waals surface area (Å²) in [5.41, 5.74) is 2.02. The zero-order valence-electron chi connectivity index (χ0n) is 18.4. The van der Waals surface area contributed by atoms with Gasteiger partial charge in [0.2, 0.25) is 0 Å². The highest BCUT2D eigenvalue weighted by Crippen LogP contribution is 2.17. The lowest BCUT2D eigenvalue weighted by atomic mass is 10.1. The molecule has 1 fully saturated rings. The molecule has 2 aromatic carbocycles. The molecule has 0 atom stereocenters. The fourth-order valence-corrected chi connectivity index (χ4v) is 3.66. The summed E-state index contributed by atoms with van der Waals surface area (Å²) in [4.78, 5) is 27.9. The molecule has 2 aromatic rings. The van der Waals surface area contributed by atoms with Gasteiger partial charge in [0.05, 0.1) is 32.8 Å². The number of amides is 2. The predicted octanol–water partition coefficient (Wildman–Crippen LogP) is 1.39. The van der Waals surface area contributed by atoms with Gasteiger partial charge in [0, 0.05) is 5.69 Å². The Kier molecular flexibility index (Phi) is 8.29. The number of nitrogens with zero attached hydrogens (tertiary/aromatic N) is 1. The molecule has 1 aliphatic heterocycles. The summed E-state index contributed by atoms with van der Waals surface area (Å²) >= 11 is 0.